The number of alkyl halides is 3. The first-order valence-electron chi connectivity index (χ1n) is 4.37. The van der Waals surface area contributed by atoms with E-state index in [1.165, 1.54) is 29.0 Å². The van der Waals surface area contributed by atoms with Crippen molar-refractivity contribution in [2.45, 2.75) is 6.18 Å². The molecule has 0 atom stereocenters. The van der Waals surface area contributed by atoms with Crippen molar-refractivity contribution in [1.29, 1.82) is 5.41 Å². The third-order valence-corrected chi connectivity index (χ3v) is 2.76. The Morgan fingerprint density at radius 2 is 1.88 bits per heavy atom. The smallest absolute Gasteiger partial charge is 0.292 e. The number of nitrogens with one attached hydrogen (secondary N) is 1. The molecular formula is C10H7F3N2S. The SMILES string of the molecule is N=c1sccn1-c1ccccc1C(F)(F)F. The van der Waals surface area contributed by atoms with Gasteiger partial charge in [0.05, 0.1) is 11.3 Å². The van der Waals surface area contributed by atoms with E-state index < -0.39 is 11.7 Å². The fourth-order valence-electron chi connectivity index (χ4n) is 1.39. The lowest BCUT2D eigenvalue weighted by atomic mass is 10.1. The van der Waals surface area contributed by atoms with Crippen LogP contribution in [0, 0.1) is 5.41 Å². The number of thiazole rings is 1. The van der Waals surface area contributed by atoms with Gasteiger partial charge in [0.15, 0.2) is 4.80 Å². The Morgan fingerprint density at radius 3 is 2.44 bits per heavy atom. The van der Waals surface area contributed by atoms with E-state index in [1.54, 1.807) is 5.38 Å². The molecule has 0 fully saturated rings. The number of nitrogens with zero attached hydrogens (tertiary/aromatic N) is 1. The average molecular weight is 244 g/mol. The molecule has 1 aromatic heterocycles. The largest absolute Gasteiger partial charge is 0.418 e. The van der Waals surface area contributed by atoms with Gasteiger partial charge < -0.3 is 0 Å². The standard InChI is InChI=1S/C10H7F3N2S/c11-10(12,13)7-3-1-2-4-8(7)15-5-6-16-9(15)14/h1-6,14H. The lowest BCUT2D eigenvalue weighted by molar-refractivity contribution is -0.137. The molecule has 0 aliphatic heterocycles. The van der Waals surface area contributed by atoms with Crippen LogP contribution in [0.2, 0.25) is 0 Å². The minimum absolute atomic E-state index is 0.0127. The highest BCUT2D eigenvalue weighted by molar-refractivity contribution is 7.07. The second-order valence-corrected chi connectivity index (χ2v) is 3.99. The summed E-state index contributed by atoms with van der Waals surface area (Å²) in [4.78, 5) is 0.0664. The van der Waals surface area contributed by atoms with E-state index >= 15 is 0 Å². The van der Waals surface area contributed by atoms with Gasteiger partial charge in [0, 0.05) is 11.6 Å². The molecule has 2 aromatic rings. The first kappa shape index (κ1) is 10.9. The van der Waals surface area contributed by atoms with Gasteiger partial charge in [-0.25, -0.2) is 0 Å². The zero-order chi connectivity index (χ0) is 11.8. The van der Waals surface area contributed by atoms with Gasteiger partial charge in [-0.05, 0) is 12.1 Å². The van der Waals surface area contributed by atoms with Gasteiger partial charge in [-0.2, -0.15) is 13.2 Å². The van der Waals surface area contributed by atoms with Crippen molar-refractivity contribution in [1.82, 2.24) is 4.57 Å². The molecule has 0 aliphatic rings. The molecule has 1 aromatic carbocycles. The number of hydrogen-bond acceptors (Lipinski definition) is 2. The topological polar surface area (TPSA) is 28.8 Å². The van der Waals surface area contributed by atoms with Crippen LogP contribution in [0.25, 0.3) is 5.69 Å². The van der Waals surface area contributed by atoms with Crippen molar-refractivity contribution in [3.05, 3.63) is 46.2 Å². The van der Waals surface area contributed by atoms with E-state index in [4.69, 9.17) is 5.41 Å². The summed E-state index contributed by atoms with van der Waals surface area (Å²) in [6, 6.07) is 5.23. The van der Waals surface area contributed by atoms with Crippen LogP contribution in [0.5, 0.6) is 0 Å². The molecule has 0 spiro atoms. The number of rotatable bonds is 1. The van der Waals surface area contributed by atoms with Crippen molar-refractivity contribution in [2.75, 3.05) is 0 Å². The summed E-state index contributed by atoms with van der Waals surface area (Å²) in [5.41, 5.74) is -0.742. The Hall–Kier alpha value is -1.56. The van der Waals surface area contributed by atoms with E-state index in [1.807, 2.05) is 0 Å². The molecule has 0 amide bonds. The molecule has 2 nitrogen and oxygen atoms in total. The molecule has 0 saturated heterocycles. The average Bonchev–Trinajstić information content (AvgIpc) is 2.63. The van der Waals surface area contributed by atoms with Crippen molar-refractivity contribution in [3.8, 4) is 5.69 Å². The summed E-state index contributed by atoms with van der Waals surface area (Å²) in [5.74, 6) is 0. The zero-order valence-electron chi connectivity index (χ0n) is 7.95. The molecule has 0 saturated carbocycles. The van der Waals surface area contributed by atoms with Crippen molar-refractivity contribution in [2.24, 2.45) is 0 Å². The summed E-state index contributed by atoms with van der Waals surface area (Å²) >= 11 is 1.08. The molecule has 0 unspecified atom stereocenters. The maximum Gasteiger partial charge on any atom is 0.418 e. The number of benzene rings is 1. The highest BCUT2D eigenvalue weighted by Gasteiger charge is 2.33. The van der Waals surface area contributed by atoms with Gasteiger partial charge in [-0.15, -0.1) is 11.3 Å². The normalized spacial score (nSPS) is 11.7. The summed E-state index contributed by atoms with van der Waals surface area (Å²) in [6.07, 6.45) is -2.95. The molecule has 84 valence electrons. The predicted molar refractivity (Wildman–Crippen MR) is 54.5 cm³/mol. The third-order valence-electron chi connectivity index (χ3n) is 2.08. The number of halogens is 3. The van der Waals surface area contributed by atoms with Gasteiger partial charge in [-0.3, -0.25) is 9.98 Å². The van der Waals surface area contributed by atoms with E-state index in [9.17, 15) is 13.2 Å². The van der Waals surface area contributed by atoms with Crippen LogP contribution in [-0.4, -0.2) is 4.57 Å². The molecule has 0 bridgehead atoms. The number of para-hydroxylation sites is 1. The van der Waals surface area contributed by atoms with Crippen LogP contribution < -0.4 is 4.80 Å². The fraction of sp³-hybridized carbons (Fsp3) is 0.100. The van der Waals surface area contributed by atoms with Crippen LogP contribution in [0.4, 0.5) is 13.2 Å². The molecule has 1 N–H and O–H groups in total. The van der Waals surface area contributed by atoms with Crippen molar-refractivity contribution < 1.29 is 13.2 Å². The lowest BCUT2D eigenvalue weighted by Crippen LogP contribution is -2.16. The molecule has 2 rings (SSSR count). The Labute approximate surface area is 93.1 Å². The van der Waals surface area contributed by atoms with Crippen molar-refractivity contribution in [3.63, 3.8) is 0 Å². The fourth-order valence-corrected chi connectivity index (χ4v) is 1.98. The highest BCUT2D eigenvalue weighted by Crippen LogP contribution is 2.33. The number of hydrogen-bond donors (Lipinski definition) is 1. The molecule has 0 aliphatic carbocycles. The van der Waals surface area contributed by atoms with Crippen LogP contribution >= 0.6 is 11.3 Å². The Morgan fingerprint density at radius 1 is 1.19 bits per heavy atom. The van der Waals surface area contributed by atoms with Gasteiger partial charge in [0.25, 0.3) is 0 Å². The van der Waals surface area contributed by atoms with E-state index in [0.717, 1.165) is 17.4 Å². The quantitative estimate of drug-likeness (QED) is 0.799. The van der Waals surface area contributed by atoms with Gasteiger partial charge in [-0.1, -0.05) is 12.1 Å². The Balaban J connectivity index is 2.67. The predicted octanol–water partition coefficient (Wildman–Crippen LogP) is 3.04. The van der Waals surface area contributed by atoms with Crippen LogP contribution in [0.15, 0.2) is 35.8 Å². The Bertz CT molecular complexity index is 553. The number of aromatic nitrogens is 1. The maximum atomic E-state index is 12.7. The van der Waals surface area contributed by atoms with E-state index in [-0.39, 0.29) is 10.5 Å². The van der Waals surface area contributed by atoms with Gasteiger partial charge >= 0.3 is 6.18 Å². The molecular weight excluding hydrogens is 237 g/mol. The minimum atomic E-state index is -4.40. The second kappa shape index (κ2) is 3.79. The Kier molecular flexibility index (Phi) is 2.59. The van der Waals surface area contributed by atoms with Crippen LogP contribution in [0.1, 0.15) is 5.56 Å². The van der Waals surface area contributed by atoms with Crippen LogP contribution in [0.3, 0.4) is 0 Å². The van der Waals surface area contributed by atoms with Gasteiger partial charge in [0.2, 0.25) is 0 Å². The second-order valence-electron chi connectivity index (χ2n) is 3.09. The minimum Gasteiger partial charge on any atom is -0.292 e. The first-order valence-corrected chi connectivity index (χ1v) is 5.25. The van der Waals surface area contributed by atoms with E-state index in [0.29, 0.717) is 0 Å². The van der Waals surface area contributed by atoms with Gasteiger partial charge in [0.1, 0.15) is 0 Å². The summed E-state index contributed by atoms with van der Waals surface area (Å²) in [5, 5.41) is 9.08. The third kappa shape index (κ3) is 1.88. The molecule has 6 heteroatoms. The molecule has 0 radical (unpaired) electrons. The highest BCUT2D eigenvalue weighted by atomic mass is 32.1. The summed E-state index contributed by atoms with van der Waals surface area (Å²) in [7, 11) is 0. The summed E-state index contributed by atoms with van der Waals surface area (Å²) < 4.78 is 39.3. The van der Waals surface area contributed by atoms with E-state index in [2.05, 4.69) is 0 Å². The first-order chi connectivity index (χ1) is 7.50. The zero-order valence-corrected chi connectivity index (χ0v) is 8.77. The van der Waals surface area contributed by atoms with Crippen molar-refractivity contribution >= 4 is 11.3 Å². The monoisotopic (exact) mass is 244 g/mol. The molecule has 16 heavy (non-hydrogen) atoms. The van der Waals surface area contributed by atoms with Crippen LogP contribution in [-0.2, 0) is 6.18 Å². The lowest BCUT2D eigenvalue weighted by Gasteiger charge is -2.12. The summed E-state index contributed by atoms with van der Waals surface area (Å²) in [6.45, 7) is 0. The maximum absolute atomic E-state index is 12.7. The molecule has 1 heterocycles.